The Labute approximate surface area is 148 Å². The summed E-state index contributed by atoms with van der Waals surface area (Å²) in [6.45, 7) is 1.17. The quantitative estimate of drug-likeness (QED) is 0.489. The van der Waals surface area contributed by atoms with Crippen LogP contribution in [0.2, 0.25) is 0 Å². The van der Waals surface area contributed by atoms with Gasteiger partial charge in [0, 0.05) is 0 Å². The third-order valence-corrected chi connectivity index (χ3v) is 3.53. The summed E-state index contributed by atoms with van der Waals surface area (Å²) in [5.74, 6) is -0.886. The molecule has 0 aliphatic rings. The summed E-state index contributed by atoms with van der Waals surface area (Å²) in [7, 11) is 1.50. The first-order valence-electron chi connectivity index (χ1n) is 7.56. The van der Waals surface area contributed by atoms with Gasteiger partial charge in [-0.05, 0) is 42.8 Å². The molecular weight excluding hydrogens is 347 g/mol. The lowest BCUT2D eigenvalue weighted by Gasteiger charge is -2.14. The van der Waals surface area contributed by atoms with E-state index in [0.29, 0.717) is 11.3 Å². The Morgan fingerprint density at radius 3 is 2.19 bits per heavy atom. The van der Waals surface area contributed by atoms with Crippen LogP contribution in [0.5, 0.6) is 5.75 Å². The number of nitrogens with one attached hydrogen (secondary N) is 1. The molecule has 0 atom stereocenters. The van der Waals surface area contributed by atoms with E-state index in [1.54, 1.807) is 24.3 Å². The van der Waals surface area contributed by atoms with Crippen LogP contribution in [0.3, 0.4) is 0 Å². The van der Waals surface area contributed by atoms with Gasteiger partial charge in [-0.15, -0.1) is 0 Å². The first-order chi connectivity index (χ1) is 12.2. The van der Waals surface area contributed by atoms with Crippen LogP contribution in [0.25, 0.3) is 6.08 Å². The third kappa shape index (κ3) is 4.72. The van der Waals surface area contributed by atoms with Crippen LogP contribution in [0.15, 0.2) is 54.1 Å². The maximum atomic E-state index is 13.0. The Kier molecular flexibility index (Phi) is 5.82. The van der Waals surface area contributed by atoms with Gasteiger partial charge in [0.2, 0.25) is 0 Å². The predicted molar refractivity (Wildman–Crippen MR) is 91.7 cm³/mol. The number of carbonyl (C=O) groups is 2. The molecule has 26 heavy (non-hydrogen) atoms. The second kappa shape index (κ2) is 7.86. The summed E-state index contributed by atoms with van der Waals surface area (Å²) in [4.78, 5) is 24.2. The molecular formula is C19H16F3NO3. The zero-order valence-electron chi connectivity index (χ0n) is 14.1. The van der Waals surface area contributed by atoms with Crippen LogP contribution in [0.4, 0.5) is 18.9 Å². The normalized spacial score (nSPS) is 11.8. The molecule has 0 heterocycles. The first-order valence-corrected chi connectivity index (χ1v) is 7.56. The Hall–Kier alpha value is -3.09. The molecule has 0 aliphatic carbocycles. The standard InChI is InChI=1S/C19H16F3NO3/c1-12(24)15(11-13-7-9-14(26-2)10-8-13)18(25)23-17-6-4-3-5-16(17)19(20,21)22/h3-11H,1-2H3,(H,23,25)/b15-11+. The highest BCUT2D eigenvalue weighted by molar-refractivity contribution is 6.25. The highest BCUT2D eigenvalue weighted by atomic mass is 19.4. The number of ketones is 1. The highest BCUT2D eigenvalue weighted by Crippen LogP contribution is 2.34. The van der Waals surface area contributed by atoms with E-state index in [4.69, 9.17) is 4.74 Å². The van der Waals surface area contributed by atoms with Gasteiger partial charge < -0.3 is 10.1 Å². The average Bonchev–Trinajstić information content (AvgIpc) is 2.59. The van der Waals surface area contributed by atoms with E-state index in [-0.39, 0.29) is 5.57 Å². The molecule has 2 aromatic rings. The van der Waals surface area contributed by atoms with Gasteiger partial charge in [0.15, 0.2) is 5.78 Å². The summed E-state index contributed by atoms with van der Waals surface area (Å²) in [5, 5.41) is 2.17. The summed E-state index contributed by atoms with van der Waals surface area (Å²) >= 11 is 0. The van der Waals surface area contributed by atoms with E-state index in [2.05, 4.69) is 5.32 Å². The Morgan fingerprint density at radius 2 is 1.65 bits per heavy atom. The van der Waals surface area contributed by atoms with E-state index >= 15 is 0 Å². The number of methoxy groups -OCH3 is 1. The fraction of sp³-hybridized carbons (Fsp3) is 0.158. The average molecular weight is 363 g/mol. The van der Waals surface area contributed by atoms with Gasteiger partial charge in [-0.2, -0.15) is 13.2 Å². The molecule has 0 aromatic heterocycles. The maximum Gasteiger partial charge on any atom is 0.418 e. The van der Waals surface area contributed by atoms with Gasteiger partial charge in [0.05, 0.1) is 23.9 Å². The molecule has 2 rings (SSSR count). The number of halogens is 3. The van der Waals surface area contributed by atoms with Crippen molar-refractivity contribution in [2.45, 2.75) is 13.1 Å². The van der Waals surface area contributed by atoms with Crippen molar-refractivity contribution < 1.29 is 27.5 Å². The van der Waals surface area contributed by atoms with E-state index in [1.807, 2.05) is 0 Å². The summed E-state index contributed by atoms with van der Waals surface area (Å²) in [6, 6.07) is 11.1. The molecule has 0 radical (unpaired) electrons. The minimum absolute atomic E-state index is 0.257. The molecule has 0 bridgehead atoms. The number of rotatable bonds is 5. The number of hydrogen-bond acceptors (Lipinski definition) is 3. The molecule has 7 heteroatoms. The fourth-order valence-corrected chi connectivity index (χ4v) is 2.22. The second-order valence-corrected chi connectivity index (χ2v) is 5.38. The van der Waals surface area contributed by atoms with Crippen molar-refractivity contribution in [3.63, 3.8) is 0 Å². The topological polar surface area (TPSA) is 55.4 Å². The molecule has 0 saturated carbocycles. The van der Waals surface area contributed by atoms with Crippen molar-refractivity contribution in [3.05, 3.63) is 65.2 Å². The van der Waals surface area contributed by atoms with Crippen molar-refractivity contribution >= 4 is 23.5 Å². The summed E-state index contributed by atoms with van der Waals surface area (Å²) < 4.78 is 44.1. The Balaban J connectivity index is 2.33. The number of hydrogen-bond donors (Lipinski definition) is 1. The minimum atomic E-state index is -4.63. The van der Waals surface area contributed by atoms with Crippen molar-refractivity contribution in [2.75, 3.05) is 12.4 Å². The smallest absolute Gasteiger partial charge is 0.418 e. The minimum Gasteiger partial charge on any atom is -0.497 e. The number of alkyl halides is 3. The third-order valence-electron chi connectivity index (χ3n) is 3.53. The van der Waals surface area contributed by atoms with E-state index in [1.165, 1.54) is 32.2 Å². The molecule has 2 aromatic carbocycles. The molecule has 0 spiro atoms. The van der Waals surface area contributed by atoms with Crippen molar-refractivity contribution in [1.29, 1.82) is 0 Å². The second-order valence-electron chi connectivity index (χ2n) is 5.38. The van der Waals surface area contributed by atoms with Crippen molar-refractivity contribution in [1.82, 2.24) is 0 Å². The summed E-state index contributed by atoms with van der Waals surface area (Å²) in [6.07, 6.45) is -3.31. The van der Waals surface area contributed by atoms with E-state index in [9.17, 15) is 22.8 Å². The monoisotopic (exact) mass is 363 g/mol. The molecule has 1 N–H and O–H groups in total. The van der Waals surface area contributed by atoms with Crippen molar-refractivity contribution in [3.8, 4) is 5.75 Å². The molecule has 1 amide bonds. The van der Waals surface area contributed by atoms with Gasteiger partial charge in [-0.3, -0.25) is 9.59 Å². The fourth-order valence-electron chi connectivity index (χ4n) is 2.22. The van der Waals surface area contributed by atoms with Gasteiger partial charge in [-0.25, -0.2) is 0 Å². The molecule has 136 valence electrons. The number of carbonyl (C=O) groups excluding carboxylic acids is 2. The number of benzene rings is 2. The van der Waals surface area contributed by atoms with Crippen LogP contribution in [0.1, 0.15) is 18.1 Å². The lowest BCUT2D eigenvalue weighted by Crippen LogP contribution is -2.21. The van der Waals surface area contributed by atoms with Crippen molar-refractivity contribution in [2.24, 2.45) is 0 Å². The van der Waals surface area contributed by atoms with Crippen LogP contribution in [-0.4, -0.2) is 18.8 Å². The largest absolute Gasteiger partial charge is 0.497 e. The Bertz CT molecular complexity index is 840. The van der Waals surface area contributed by atoms with Gasteiger partial charge >= 0.3 is 6.18 Å². The number of ether oxygens (including phenoxy) is 1. The molecule has 4 nitrogen and oxygen atoms in total. The van der Waals surface area contributed by atoms with Crippen LogP contribution in [0, 0.1) is 0 Å². The molecule has 0 aliphatic heterocycles. The maximum absolute atomic E-state index is 13.0. The summed E-state index contributed by atoms with van der Waals surface area (Å²) in [5.41, 5.74) is -1.12. The number of amides is 1. The zero-order chi connectivity index (χ0) is 19.3. The van der Waals surface area contributed by atoms with E-state index in [0.717, 1.165) is 12.1 Å². The number of para-hydroxylation sites is 1. The van der Waals surface area contributed by atoms with E-state index < -0.39 is 29.1 Å². The molecule has 0 fully saturated rings. The predicted octanol–water partition coefficient (Wildman–Crippen LogP) is 4.33. The SMILES string of the molecule is COc1ccc(/C=C(\C(C)=O)C(=O)Nc2ccccc2C(F)(F)F)cc1. The highest BCUT2D eigenvalue weighted by Gasteiger charge is 2.33. The Morgan fingerprint density at radius 1 is 1.04 bits per heavy atom. The lowest BCUT2D eigenvalue weighted by molar-refractivity contribution is -0.137. The number of anilines is 1. The molecule has 0 unspecified atom stereocenters. The van der Waals surface area contributed by atoms with Gasteiger partial charge in [0.25, 0.3) is 5.91 Å². The number of Topliss-reactive ketones (excluding diaryl/α,β-unsaturated/α-hetero) is 1. The zero-order valence-corrected chi connectivity index (χ0v) is 14.1. The van der Waals surface area contributed by atoms with Crippen LogP contribution < -0.4 is 10.1 Å². The first kappa shape index (κ1) is 19.2. The van der Waals surface area contributed by atoms with Crippen LogP contribution >= 0.6 is 0 Å². The van der Waals surface area contributed by atoms with Gasteiger partial charge in [-0.1, -0.05) is 24.3 Å². The lowest BCUT2D eigenvalue weighted by atomic mass is 10.1. The molecule has 0 saturated heterocycles. The van der Waals surface area contributed by atoms with Crippen LogP contribution in [-0.2, 0) is 15.8 Å². The van der Waals surface area contributed by atoms with Gasteiger partial charge in [0.1, 0.15) is 5.75 Å².